The Labute approximate surface area is 191 Å². The molecule has 3 aromatic rings. The number of benzene rings is 2. The minimum Gasteiger partial charge on any atom is -0.339 e. The van der Waals surface area contributed by atoms with Crippen molar-refractivity contribution in [3.8, 4) is 0 Å². The van der Waals surface area contributed by atoms with Gasteiger partial charge in [0.05, 0.1) is 5.69 Å². The zero-order valence-electron chi connectivity index (χ0n) is 18.2. The van der Waals surface area contributed by atoms with Gasteiger partial charge in [0.15, 0.2) is 5.13 Å². The van der Waals surface area contributed by atoms with Crippen molar-refractivity contribution in [2.45, 2.75) is 33.1 Å². The number of thiazole rings is 1. The lowest BCUT2D eigenvalue weighted by Gasteiger charge is -2.31. The molecule has 5 nitrogen and oxygen atoms in total. The Kier molecular flexibility index (Phi) is 6.65. The molecule has 32 heavy (non-hydrogen) atoms. The number of anilines is 1. The molecule has 0 bridgehead atoms. The quantitative estimate of drug-likeness (QED) is 0.595. The molecule has 0 spiro atoms. The van der Waals surface area contributed by atoms with E-state index in [9.17, 15) is 14.0 Å². The predicted octanol–water partition coefficient (Wildman–Crippen LogP) is 4.98. The van der Waals surface area contributed by atoms with Crippen LogP contribution < -0.4 is 5.32 Å². The Hall–Kier alpha value is -3.06. The van der Waals surface area contributed by atoms with Gasteiger partial charge in [0.2, 0.25) is 5.91 Å². The summed E-state index contributed by atoms with van der Waals surface area (Å²) in [5.74, 6) is -0.692. The van der Waals surface area contributed by atoms with Crippen molar-refractivity contribution in [2.24, 2.45) is 5.92 Å². The van der Waals surface area contributed by atoms with Gasteiger partial charge in [0.25, 0.3) is 5.91 Å². The standard InChI is InChI=1S/C25H26FN3O2S/c1-16-3-5-18(6-4-16)15-22-17(2)27-25(32-22)28-23(30)19-11-13-29(14-12-19)24(31)20-7-9-21(26)10-8-20/h3-10,19H,11-15H2,1-2H3,(H,27,28,30). The largest absolute Gasteiger partial charge is 0.339 e. The number of amides is 2. The molecule has 4 rings (SSSR count). The number of hydrogen-bond acceptors (Lipinski definition) is 4. The van der Waals surface area contributed by atoms with Crippen LogP contribution in [0.5, 0.6) is 0 Å². The van der Waals surface area contributed by atoms with Crippen molar-refractivity contribution in [1.29, 1.82) is 0 Å². The van der Waals surface area contributed by atoms with Gasteiger partial charge < -0.3 is 10.2 Å². The summed E-state index contributed by atoms with van der Waals surface area (Å²) in [6.45, 7) is 5.04. The fourth-order valence-corrected chi connectivity index (χ4v) is 4.86. The van der Waals surface area contributed by atoms with E-state index < -0.39 is 0 Å². The highest BCUT2D eigenvalue weighted by molar-refractivity contribution is 7.15. The van der Waals surface area contributed by atoms with Crippen LogP contribution in [0.1, 0.15) is 44.9 Å². The third-order valence-electron chi connectivity index (χ3n) is 5.85. The number of piperidine rings is 1. The molecule has 1 aliphatic rings. The molecule has 0 atom stereocenters. The van der Waals surface area contributed by atoms with Crippen LogP contribution in [0.2, 0.25) is 0 Å². The molecule has 0 radical (unpaired) electrons. The zero-order chi connectivity index (χ0) is 22.7. The van der Waals surface area contributed by atoms with Gasteiger partial charge in [-0.3, -0.25) is 9.59 Å². The van der Waals surface area contributed by atoms with Crippen LogP contribution in [0.15, 0.2) is 48.5 Å². The van der Waals surface area contributed by atoms with Gasteiger partial charge in [-0.05, 0) is 56.5 Å². The second kappa shape index (κ2) is 9.61. The van der Waals surface area contributed by atoms with E-state index in [1.807, 2.05) is 6.92 Å². The summed E-state index contributed by atoms with van der Waals surface area (Å²) in [7, 11) is 0. The molecular weight excluding hydrogens is 425 g/mol. The summed E-state index contributed by atoms with van der Waals surface area (Å²) in [6, 6.07) is 14.0. The molecule has 1 aliphatic heterocycles. The molecule has 2 amide bonds. The van der Waals surface area contributed by atoms with Crippen LogP contribution in [0.3, 0.4) is 0 Å². The smallest absolute Gasteiger partial charge is 0.253 e. The van der Waals surface area contributed by atoms with Crippen molar-refractivity contribution in [2.75, 3.05) is 18.4 Å². The average Bonchev–Trinajstić information content (AvgIpc) is 3.13. The fraction of sp³-hybridized carbons (Fsp3) is 0.320. The van der Waals surface area contributed by atoms with Gasteiger partial charge in [-0.1, -0.05) is 29.8 Å². The van der Waals surface area contributed by atoms with Crippen LogP contribution in [0.4, 0.5) is 9.52 Å². The van der Waals surface area contributed by atoms with E-state index in [0.29, 0.717) is 36.6 Å². The molecule has 1 fully saturated rings. The number of carbonyl (C=O) groups is 2. The van der Waals surface area contributed by atoms with E-state index in [4.69, 9.17) is 0 Å². The number of nitrogens with one attached hydrogen (secondary N) is 1. The summed E-state index contributed by atoms with van der Waals surface area (Å²) < 4.78 is 13.1. The summed E-state index contributed by atoms with van der Waals surface area (Å²) in [5, 5.41) is 3.60. The maximum absolute atomic E-state index is 13.1. The number of carbonyl (C=O) groups excluding carboxylic acids is 2. The maximum Gasteiger partial charge on any atom is 0.253 e. The molecule has 1 aromatic heterocycles. The first kappa shape index (κ1) is 22.1. The fourth-order valence-electron chi connectivity index (χ4n) is 3.86. The van der Waals surface area contributed by atoms with Crippen molar-refractivity contribution >= 4 is 28.3 Å². The first-order valence-corrected chi connectivity index (χ1v) is 11.6. The molecule has 0 saturated carbocycles. The van der Waals surface area contributed by atoms with Crippen LogP contribution in [0, 0.1) is 25.6 Å². The van der Waals surface area contributed by atoms with Crippen molar-refractivity contribution in [3.05, 3.63) is 81.6 Å². The van der Waals surface area contributed by atoms with Gasteiger partial charge in [0, 0.05) is 35.9 Å². The molecule has 166 valence electrons. The lowest BCUT2D eigenvalue weighted by Crippen LogP contribution is -2.41. The Bertz CT molecular complexity index is 1100. The maximum atomic E-state index is 13.1. The highest BCUT2D eigenvalue weighted by Gasteiger charge is 2.28. The summed E-state index contributed by atoms with van der Waals surface area (Å²) in [5.41, 5.74) is 3.85. The molecule has 2 aromatic carbocycles. The molecular formula is C25H26FN3O2S. The highest BCUT2D eigenvalue weighted by atomic mass is 32.1. The predicted molar refractivity (Wildman–Crippen MR) is 124 cm³/mol. The molecule has 2 heterocycles. The number of likely N-dealkylation sites (tertiary alicyclic amines) is 1. The third-order valence-corrected chi connectivity index (χ3v) is 6.93. The van der Waals surface area contributed by atoms with E-state index in [0.717, 1.165) is 17.0 Å². The summed E-state index contributed by atoms with van der Waals surface area (Å²) in [4.78, 5) is 32.8. The monoisotopic (exact) mass is 451 g/mol. The number of aromatic nitrogens is 1. The minimum absolute atomic E-state index is 0.0467. The Balaban J connectivity index is 1.31. The minimum atomic E-state index is -0.364. The van der Waals surface area contributed by atoms with Crippen LogP contribution in [0.25, 0.3) is 0 Å². The highest BCUT2D eigenvalue weighted by Crippen LogP contribution is 2.27. The van der Waals surface area contributed by atoms with E-state index in [-0.39, 0.29) is 23.5 Å². The molecule has 0 aliphatic carbocycles. The summed E-state index contributed by atoms with van der Waals surface area (Å²) in [6.07, 6.45) is 1.99. The van der Waals surface area contributed by atoms with Gasteiger partial charge in [-0.15, -0.1) is 11.3 Å². The SMILES string of the molecule is Cc1ccc(Cc2sc(NC(=O)C3CCN(C(=O)c4ccc(F)cc4)CC3)nc2C)cc1. The van der Waals surface area contributed by atoms with Gasteiger partial charge >= 0.3 is 0 Å². The third kappa shape index (κ3) is 5.22. The number of aryl methyl sites for hydroxylation is 2. The lowest BCUT2D eigenvalue weighted by atomic mass is 9.95. The van der Waals surface area contributed by atoms with Crippen LogP contribution in [-0.2, 0) is 11.2 Å². The van der Waals surface area contributed by atoms with E-state index >= 15 is 0 Å². The molecule has 1 N–H and O–H groups in total. The van der Waals surface area contributed by atoms with Crippen LogP contribution in [-0.4, -0.2) is 34.8 Å². The number of halogens is 1. The van der Waals surface area contributed by atoms with Crippen LogP contribution >= 0.6 is 11.3 Å². The van der Waals surface area contributed by atoms with Gasteiger partial charge in [-0.25, -0.2) is 9.37 Å². The first-order valence-electron chi connectivity index (χ1n) is 10.8. The Morgan fingerprint density at radius 1 is 1.06 bits per heavy atom. The molecule has 1 saturated heterocycles. The van der Waals surface area contributed by atoms with Gasteiger partial charge in [0.1, 0.15) is 5.82 Å². The number of hydrogen-bond donors (Lipinski definition) is 1. The Morgan fingerprint density at radius 2 is 1.72 bits per heavy atom. The second-order valence-electron chi connectivity index (χ2n) is 8.25. The van der Waals surface area contributed by atoms with E-state index in [2.05, 4.69) is 41.5 Å². The normalized spacial score (nSPS) is 14.4. The Morgan fingerprint density at radius 3 is 2.38 bits per heavy atom. The average molecular weight is 452 g/mol. The lowest BCUT2D eigenvalue weighted by molar-refractivity contribution is -0.121. The van der Waals surface area contributed by atoms with E-state index in [1.165, 1.54) is 46.7 Å². The second-order valence-corrected chi connectivity index (χ2v) is 9.34. The molecule has 7 heteroatoms. The van der Waals surface area contributed by atoms with Crippen molar-refractivity contribution in [3.63, 3.8) is 0 Å². The first-order chi connectivity index (χ1) is 15.4. The zero-order valence-corrected chi connectivity index (χ0v) is 19.0. The van der Waals surface area contributed by atoms with Gasteiger partial charge in [-0.2, -0.15) is 0 Å². The molecule has 0 unspecified atom stereocenters. The number of rotatable bonds is 5. The summed E-state index contributed by atoms with van der Waals surface area (Å²) >= 11 is 1.52. The number of nitrogens with zero attached hydrogens (tertiary/aromatic N) is 2. The van der Waals surface area contributed by atoms with Crippen molar-refractivity contribution < 1.29 is 14.0 Å². The van der Waals surface area contributed by atoms with Crippen molar-refractivity contribution in [1.82, 2.24) is 9.88 Å². The van der Waals surface area contributed by atoms with E-state index in [1.54, 1.807) is 4.90 Å². The topological polar surface area (TPSA) is 62.3 Å².